The summed E-state index contributed by atoms with van der Waals surface area (Å²) < 4.78 is 5.22. The minimum Gasteiger partial charge on any atom is -0.548 e. The van der Waals surface area contributed by atoms with Gasteiger partial charge in [0.15, 0.2) is 0 Å². The standard InChI is InChI=1S/C28H31NO4S2.Li/c1-19-6-4-5-7-23(19)25-16-21(18-35-17-20-8-11-22(33-2)12-9-20)10-13-24(25)27(30)29-26(28(31)32)14-15-34-3;/h4-13,16,26H,14-15,17-18H2,1-3H3,(H,29,30)(H,31,32);/q;+1/p-1/t26-;/m0./s1. The smallest absolute Gasteiger partial charge is 0.548 e. The molecule has 0 aromatic heterocycles. The average molecular weight is 516 g/mol. The van der Waals surface area contributed by atoms with Gasteiger partial charge in [-0.2, -0.15) is 23.5 Å². The number of benzene rings is 3. The summed E-state index contributed by atoms with van der Waals surface area (Å²) in [6.45, 7) is 2.00. The molecule has 0 fully saturated rings. The Bertz CT molecular complexity index is 1150. The van der Waals surface area contributed by atoms with Crippen molar-refractivity contribution in [2.75, 3.05) is 19.1 Å². The number of rotatable bonds is 12. The second-order valence-corrected chi connectivity index (χ2v) is 10.1. The van der Waals surface area contributed by atoms with Gasteiger partial charge >= 0.3 is 18.9 Å². The van der Waals surface area contributed by atoms with E-state index in [2.05, 4.69) is 17.4 Å². The van der Waals surface area contributed by atoms with Crippen LogP contribution < -0.4 is 34.0 Å². The van der Waals surface area contributed by atoms with E-state index in [1.807, 2.05) is 61.7 Å². The van der Waals surface area contributed by atoms with E-state index in [1.165, 1.54) is 17.3 Å². The third-order valence-electron chi connectivity index (χ3n) is 5.66. The normalized spacial score (nSPS) is 11.3. The molecule has 0 aliphatic heterocycles. The van der Waals surface area contributed by atoms with E-state index in [0.717, 1.165) is 39.5 Å². The summed E-state index contributed by atoms with van der Waals surface area (Å²) >= 11 is 3.32. The molecule has 184 valence electrons. The Labute approximate surface area is 234 Å². The summed E-state index contributed by atoms with van der Waals surface area (Å²) in [4.78, 5) is 24.7. The number of aryl methyl sites for hydroxylation is 1. The summed E-state index contributed by atoms with van der Waals surface area (Å²) in [5, 5.41) is 14.2. The predicted octanol–water partition coefficient (Wildman–Crippen LogP) is 1.71. The number of amides is 1. The molecule has 8 heteroatoms. The van der Waals surface area contributed by atoms with Crippen molar-refractivity contribution in [2.45, 2.75) is 30.9 Å². The number of aliphatic carboxylic acids is 1. The summed E-state index contributed by atoms with van der Waals surface area (Å²) in [6.07, 6.45) is 2.21. The van der Waals surface area contributed by atoms with Crippen LogP contribution in [0, 0.1) is 6.92 Å². The van der Waals surface area contributed by atoms with Crippen LogP contribution >= 0.6 is 23.5 Å². The second kappa shape index (κ2) is 15.1. The monoisotopic (exact) mass is 515 g/mol. The van der Waals surface area contributed by atoms with Crippen LogP contribution in [0.2, 0.25) is 0 Å². The van der Waals surface area contributed by atoms with Crippen molar-refractivity contribution < 1.29 is 38.3 Å². The molecule has 0 aliphatic carbocycles. The third kappa shape index (κ3) is 8.38. The number of carboxylic acids is 1. The molecule has 0 unspecified atom stereocenters. The van der Waals surface area contributed by atoms with Gasteiger partial charge in [0.25, 0.3) is 5.91 Å². The zero-order valence-corrected chi connectivity index (χ0v) is 22.8. The first-order chi connectivity index (χ1) is 16.9. The van der Waals surface area contributed by atoms with Crippen LogP contribution in [0.5, 0.6) is 5.75 Å². The number of thioether (sulfide) groups is 2. The summed E-state index contributed by atoms with van der Waals surface area (Å²) in [6, 6.07) is 20.7. The maximum Gasteiger partial charge on any atom is 1.00 e. The number of hydrogen-bond donors (Lipinski definition) is 1. The van der Waals surface area contributed by atoms with Crippen molar-refractivity contribution in [2.24, 2.45) is 0 Å². The van der Waals surface area contributed by atoms with Gasteiger partial charge in [0.2, 0.25) is 0 Å². The molecule has 0 saturated heterocycles. The fourth-order valence-corrected chi connectivity index (χ4v) is 5.12. The average Bonchev–Trinajstić information content (AvgIpc) is 2.87. The number of ether oxygens (including phenoxy) is 1. The van der Waals surface area contributed by atoms with Crippen LogP contribution in [0.3, 0.4) is 0 Å². The molecule has 0 bridgehead atoms. The molecule has 36 heavy (non-hydrogen) atoms. The minimum atomic E-state index is -1.27. The number of nitrogens with one attached hydrogen (secondary N) is 1. The maximum absolute atomic E-state index is 13.2. The Balaban J connectivity index is 0.00000456. The van der Waals surface area contributed by atoms with Crippen LogP contribution in [-0.2, 0) is 16.3 Å². The molecular formula is C28H30LiNO4S2. The molecule has 3 rings (SSSR count). The number of methoxy groups -OCH3 is 1. The van der Waals surface area contributed by atoms with Gasteiger partial charge in [0.05, 0.1) is 19.1 Å². The first kappa shape index (κ1) is 29.9. The SMILES string of the molecule is COc1ccc(CSCc2ccc(C(=O)N[C@@H](CCSC)C(=O)[O-])c(-c3ccccc3C)c2)cc1.[Li+]. The van der Waals surface area contributed by atoms with Crippen LogP contribution in [0.15, 0.2) is 66.7 Å². The maximum atomic E-state index is 13.2. The van der Waals surface area contributed by atoms with Gasteiger partial charge in [0.1, 0.15) is 5.75 Å². The quantitative estimate of drug-likeness (QED) is 0.370. The molecule has 0 radical (unpaired) electrons. The minimum absolute atomic E-state index is 0. The van der Waals surface area contributed by atoms with Crippen LogP contribution in [0.1, 0.15) is 33.5 Å². The van der Waals surface area contributed by atoms with Gasteiger partial charge in [0, 0.05) is 17.1 Å². The Kier molecular flexibility index (Phi) is 12.5. The molecule has 0 saturated carbocycles. The Morgan fingerprint density at radius 1 is 0.972 bits per heavy atom. The zero-order chi connectivity index (χ0) is 25.2. The van der Waals surface area contributed by atoms with Crippen LogP contribution in [-0.4, -0.2) is 37.0 Å². The van der Waals surface area contributed by atoms with Crippen molar-refractivity contribution in [3.63, 3.8) is 0 Å². The van der Waals surface area contributed by atoms with Crippen molar-refractivity contribution in [3.8, 4) is 16.9 Å². The van der Waals surface area contributed by atoms with Gasteiger partial charge in [-0.3, -0.25) is 4.79 Å². The summed E-state index contributed by atoms with van der Waals surface area (Å²) in [7, 11) is 1.66. The fraction of sp³-hybridized carbons (Fsp3) is 0.286. The number of carboxylic acid groups (broad SMARTS) is 1. The molecule has 0 heterocycles. The van der Waals surface area contributed by atoms with Crippen LogP contribution in [0.25, 0.3) is 11.1 Å². The first-order valence-corrected chi connectivity index (χ1v) is 13.9. The predicted molar refractivity (Wildman–Crippen MR) is 144 cm³/mol. The van der Waals surface area contributed by atoms with E-state index in [-0.39, 0.29) is 18.9 Å². The number of carbonyl (C=O) groups excluding carboxylic acids is 2. The van der Waals surface area contributed by atoms with Gasteiger partial charge in [-0.25, -0.2) is 0 Å². The Morgan fingerprint density at radius 2 is 1.64 bits per heavy atom. The largest absolute Gasteiger partial charge is 1.00 e. The van der Waals surface area contributed by atoms with Crippen molar-refractivity contribution >= 4 is 35.4 Å². The van der Waals surface area contributed by atoms with E-state index in [1.54, 1.807) is 24.9 Å². The van der Waals surface area contributed by atoms with E-state index in [9.17, 15) is 14.7 Å². The van der Waals surface area contributed by atoms with Crippen molar-refractivity contribution in [1.29, 1.82) is 0 Å². The molecule has 3 aromatic rings. The van der Waals surface area contributed by atoms with Gasteiger partial charge < -0.3 is 20.0 Å². The fourth-order valence-electron chi connectivity index (χ4n) is 3.71. The summed E-state index contributed by atoms with van der Waals surface area (Å²) in [5.74, 6) is 1.42. The molecule has 5 nitrogen and oxygen atoms in total. The van der Waals surface area contributed by atoms with Crippen LogP contribution in [0.4, 0.5) is 0 Å². The van der Waals surface area contributed by atoms with Crippen molar-refractivity contribution in [3.05, 3.63) is 89.0 Å². The van der Waals surface area contributed by atoms with E-state index < -0.39 is 17.9 Å². The molecule has 1 amide bonds. The molecule has 0 spiro atoms. The van der Waals surface area contributed by atoms with Crippen molar-refractivity contribution in [1.82, 2.24) is 5.32 Å². The summed E-state index contributed by atoms with van der Waals surface area (Å²) in [5.41, 5.74) is 5.56. The van der Waals surface area contributed by atoms with E-state index >= 15 is 0 Å². The number of hydrogen-bond acceptors (Lipinski definition) is 6. The third-order valence-corrected chi connectivity index (χ3v) is 7.38. The molecule has 3 aromatic carbocycles. The molecule has 1 N–H and O–H groups in total. The number of carbonyl (C=O) groups is 2. The Morgan fingerprint density at radius 3 is 2.28 bits per heavy atom. The first-order valence-electron chi connectivity index (χ1n) is 11.3. The second-order valence-electron chi connectivity index (χ2n) is 8.16. The van der Waals surface area contributed by atoms with Gasteiger partial charge in [-0.05, 0) is 77.4 Å². The Hall–Kier alpha value is -2.30. The van der Waals surface area contributed by atoms with Gasteiger partial charge in [-0.1, -0.05) is 42.5 Å². The molecular weight excluding hydrogens is 485 g/mol. The van der Waals surface area contributed by atoms with E-state index in [0.29, 0.717) is 17.7 Å². The zero-order valence-electron chi connectivity index (χ0n) is 21.2. The molecule has 0 aliphatic rings. The molecule has 1 atom stereocenters. The van der Waals surface area contributed by atoms with E-state index in [4.69, 9.17) is 4.74 Å². The topological polar surface area (TPSA) is 78.5 Å². The van der Waals surface area contributed by atoms with Gasteiger partial charge in [-0.15, -0.1) is 0 Å².